The molecule has 0 aliphatic carbocycles. The minimum absolute atomic E-state index is 0.00972. The number of amides is 1. The van der Waals surface area contributed by atoms with Crippen molar-refractivity contribution in [3.8, 4) is 17.2 Å². The number of carbonyl (C=O) groups is 1. The Balaban J connectivity index is 3.29. The molecule has 7 nitrogen and oxygen atoms in total. The first-order chi connectivity index (χ1) is 9.98. The zero-order valence-corrected chi connectivity index (χ0v) is 12.9. The molecule has 1 rings (SSSR count). The molecule has 0 saturated carbocycles. The van der Waals surface area contributed by atoms with Gasteiger partial charge < -0.3 is 19.3 Å². The van der Waals surface area contributed by atoms with Crippen molar-refractivity contribution in [3.63, 3.8) is 0 Å². The van der Waals surface area contributed by atoms with E-state index in [9.17, 15) is 9.90 Å². The van der Waals surface area contributed by atoms with Gasteiger partial charge in [0, 0.05) is 5.56 Å². The summed E-state index contributed by atoms with van der Waals surface area (Å²) in [5.74, 6) is 0.160. The molecule has 0 aromatic heterocycles. The molecule has 0 aliphatic rings. The van der Waals surface area contributed by atoms with Crippen molar-refractivity contribution in [2.75, 3.05) is 27.6 Å². The number of carbonyl (C=O) groups excluding carboxylic acids is 1. The van der Waals surface area contributed by atoms with Crippen LogP contribution < -0.4 is 9.47 Å². The second kappa shape index (κ2) is 7.53. The molecule has 21 heavy (non-hydrogen) atoms. The molecule has 0 spiro atoms. The molecule has 0 aliphatic heterocycles. The van der Waals surface area contributed by atoms with Gasteiger partial charge in [-0.05, 0) is 18.4 Å². The Labute approximate surface area is 126 Å². The molecule has 0 atom stereocenters. The van der Waals surface area contributed by atoms with Gasteiger partial charge >= 0.3 is 6.09 Å². The highest BCUT2D eigenvalue weighted by molar-refractivity contribution is 8.15. The number of nitrogens with one attached hydrogen (secondary N) is 1. The van der Waals surface area contributed by atoms with Gasteiger partial charge in [0.15, 0.2) is 11.5 Å². The van der Waals surface area contributed by atoms with Gasteiger partial charge in [-0.2, -0.15) is 4.99 Å². The number of aromatic hydroxyl groups is 1. The van der Waals surface area contributed by atoms with Crippen LogP contribution in [0.15, 0.2) is 17.1 Å². The lowest BCUT2D eigenvalue weighted by Gasteiger charge is -2.12. The average Bonchev–Trinajstić information content (AvgIpc) is 2.51. The van der Waals surface area contributed by atoms with Crippen LogP contribution in [0.25, 0.3) is 0 Å². The number of hydrogen-bond donors (Lipinski definition) is 2. The van der Waals surface area contributed by atoms with Crippen molar-refractivity contribution in [2.24, 2.45) is 4.99 Å². The molecule has 0 heterocycles. The number of phenols is 1. The van der Waals surface area contributed by atoms with Gasteiger partial charge in [-0.3, -0.25) is 5.41 Å². The predicted molar refractivity (Wildman–Crippen MR) is 81.4 cm³/mol. The van der Waals surface area contributed by atoms with E-state index in [0.29, 0.717) is 5.56 Å². The van der Waals surface area contributed by atoms with Crippen molar-refractivity contribution in [2.45, 2.75) is 0 Å². The van der Waals surface area contributed by atoms with Crippen molar-refractivity contribution >= 4 is 28.6 Å². The quantitative estimate of drug-likeness (QED) is 0.653. The fourth-order valence-electron chi connectivity index (χ4n) is 1.49. The molecule has 0 saturated heterocycles. The van der Waals surface area contributed by atoms with Crippen LogP contribution in [0.5, 0.6) is 17.2 Å². The molecule has 0 bridgehead atoms. The molecular weight excluding hydrogens is 296 g/mol. The Kier molecular flexibility index (Phi) is 6.04. The molecule has 2 N–H and O–H groups in total. The highest BCUT2D eigenvalue weighted by Gasteiger charge is 2.17. The van der Waals surface area contributed by atoms with Crippen LogP contribution in [0.4, 0.5) is 4.79 Å². The summed E-state index contributed by atoms with van der Waals surface area (Å²) in [6.45, 7) is 0. The first kappa shape index (κ1) is 16.8. The van der Waals surface area contributed by atoms with Gasteiger partial charge in [-0.15, -0.1) is 11.8 Å². The Morgan fingerprint density at radius 3 is 2.14 bits per heavy atom. The SMILES string of the molecule is COC(=O)N=C(SC)C(=N)c1cc(OC)c(O)c(OC)c1. The summed E-state index contributed by atoms with van der Waals surface area (Å²) in [4.78, 5) is 14.9. The number of methoxy groups -OCH3 is 3. The van der Waals surface area contributed by atoms with Crippen LogP contribution in [0.1, 0.15) is 5.56 Å². The number of thioether (sulfide) groups is 1. The fraction of sp³-hybridized carbons (Fsp3) is 0.308. The predicted octanol–water partition coefficient (Wildman–Crippen LogP) is 2.31. The van der Waals surface area contributed by atoms with Crippen LogP contribution in [0.2, 0.25) is 0 Å². The van der Waals surface area contributed by atoms with Crippen molar-refractivity contribution in [1.82, 2.24) is 0 Å². The van der Waals surface area contributed by atoms with Gasteiger partial charge in [0.25, 0.3) is 0 Å². The third-order valence-corrected chi connectivity index (χ3v) is 3.23. The van der Waals surface area contributed by atoms with Crippen LogP contribution >= 0.6 is 11.8 Å². The van der Waals surface area contributed by atoms with Gasteiger partial charge in [0.05, 0.1) is 27.0 Å². The molecule has 0 radical (unpaired) electrons. The van der Waals surface area contributed by atoms with Crippen molar-refractivity contribution < 1.29 is 24.1 Å². The van der Waals surface area contributed by atoms with E-state index in [0.717, 1.165) is 11.8 Å². The molecule has 1 amide bonds. The van der Waals surface area contributed by atoms with E-state index >= 15 is 0 Å². The topological polar surface area (TPSA) is 101 Å². The number of hydrogen-bond acceptors (Lipinski definition) is 7. The monoisotopic (exact) mass is 312 g/mol. The summed E-state index contributed by atoms with van der Waals surface area (Å²) >= 11 is 1.13. The summed E-state index contributed by atoms with van der Waals surface area (Å²) in [7, 11) is 3.99. The van der Waals surface area contributed by atoms with Gasteiger partial charge in [0.1, 0.15) is 5.04 Å². The third kappa shape index (κ3) is 3.88. The van der Waals surface area contributed by atoms with Crippen molar-refractivity contribution in [3.05, 3.63) is 17.7 Å². The highest BCUT2D eigenvalue weighted by atomic mass is 32.2. The molecule has 8 heteroatoms. The van der Waals surface area contributed by atoms with E-state index in [2.05, 4.69) is 9.73 Å². The third-order valence-electron chi connectivity index (χ3n) is 2.54. The Morgan fingerprint density at radius 1 is 1.24 bits per heavy atom. The first-order valence-electron chi connectivity index (χ1n) is 5.73. The smallest absolute Gasteiger partial charge is 0.434 e. The van der Waals surface area contributed by atoms with Gasteiger partial charge in [-0.1, -0.05) is 0 Å². The summed E-state index contributed by atoms with van der Waals surface area (Å²) in [6.07, 6.45) is 0.896. The largest absolute Gasteiger partial charge is 0.502 e. The second-order valence-electron chi connectivity index (χ2n) is 3.70. The maximum Gasteiger partial charge on any atom is 0.434 e. The normalized spacial score (nSPS) is 11.0. The Bertz CT molecular complexity index is 561. The minimum atomic E-state index is -0.790. The molecule has 114 valence electrons. The number of aliphatic imine (C=N–C) groups is 1. The zero-order valence-electron chi connectivity index (χ0n) is 12.1. The average molecular weight is 312 g/mol. The van der Waals surface area contributed by atoms with Crippen LogP contribution in [0.3, 0.4) is 0 Å². The number of nitrogens with zero attached hydrogens (tertiary/aromatic N) is 1. The lowest BCUT2D eigenvalue weighted by molar-refractivity contribution is 0.183. The number of benzene rings is 1. The van der Waals surface area contributed by atoms with E-state index in [4.69, 9.17) is 14.9 Å². The molecule has 1 aromatic rings. The second-order valence-corrected chi connectivity index (χ2v) is 4.49. The fourth-order valence-corrected chi connectivity index (χ4v) is 1.98. The molecular formula is C13H16N2O5S. The summed E-state index contributed by atoms with van der Waals surface area (Å²) in [5.41, 5.74) is 0.378. The van der Waals surface area contributed by atoms with Crippen LogP contribution in [0, 0.1) is 5.41 Å². The number of rotatable bonds is 4. The Hall–Kier alpha value is -2.22. The van der Waals surface area contributed by atoms with E-state index in [1.54, 1.807) is 6.26 Å². The number of phenolic OH excluding ortho intramolecular Hbond substituents is 1. The maximum absolute atomic E-state index is 11.2. The van der Waals surface area contributed by atoms with E-state index in [-0.39, 0.29) is 28.0 Å². The van der Waals surface area contributed by atoms with E-state index < -0.39 is 6.09 Å². The van der Waals surface area contributed by atoms with Crippen LogP contribution in [-0.2, 0) is 4.74 Å². The van der Waals surface area contributed by atoms with E-state index in [1.165, 1.54) is 33.5 Å². The summed E-state index contributed by atoms with van der Waals surface area (Å²) < 4.78 is 14.5. The maximum atomic E-state index is 11.2. The summed E-state index contributed by atoms with van der Waals surface area (Å²) in [6, 6.07) is 2.92. The van der Waals surface area contributed by atoms with Gasteiger partial charge in [0.2, 0.25) is 5.75 Å². The lowest BCUT2D eigenvalue weighted by Crippen LogP contribution is -2.13. The Morgan fingerprint density at radius 2 is 1.76 bits per heavy atom. The molecule has 1 aromatic carbocycles. The number of ether oxygens (including phenoxy) is 3. The lowest BCUT2D eigenvalue weighted by atomic mass is 10.1. The van der Waals surface area contributed by atoms with Gasteiger partial charge in [-0.25, -0.2) is 4.79 Å². The zero-order chi connectivity index (χ0) is 16.0. The van der Waals surface area contributed by atoms with Crippen molar-refractivity contribution in [1.29, 1.82) is 5.41 Å². The summed E-state index contributed by atoms with van der Waals surface area (Å²) in [5, 5.41) is 18.1. The minimum Gasteiger partial charge on any atom is -0.502 e. The molecule has 0 fully saturated rings. The van der Waals surface area contributed by atoms with Crippen LogP contribution in [-0.4, -0.2) is 49.5 Å². The highest BCUT2D eigenvalue weighted by Crippen LogP contribution is 2.37. The molecule has 0 unspecified atom stereocenters. The van der Waals surface area contributed by atoms with E-state index in [1.807, 2.05) is 0 Å². The standard InChI is InChI=1S/C13H16N2O5S/c1-18-8-5-7(6-9(19-2)11(8)16)10(14)12(21-4)15-13(17)20-3/h5-6,14,16H,1-4H3. The first-order valence-corrected chi connectivity index (χ1v) is 6.95.